The SMILES string of the molecule is O=C(CN(c1ccc(F)cc1)S(=O)(=O)c1cccc2cnccc12)NCc1ccc2c(c1)OCO2. The Kier molecular flexibility index (Phi) is 5.96. The fourth-order valence-corrected chi connectivity index (χ4v) is 5.44. The minimum Gasteiger partial charge on any atom is -0.454 e. The summed E-state index contributed by atoms with van der Waals surface area (Å²) in [6.07, 6.45) is 3.07. The van der Waals surface area contributed by atoms with E-state index in [4.69, 9.17) is 9.47 Å². The summed E-state index contributed by atoms with van der Waals surface area (Å²) in [5, 5.41) is 3.84. The maximum atomic E-state index is 13.8. The van der Waals surface area contributed by atoms with E-state index in [-0.39, 0.29) is 23.9 Å². The van der Waals surface area contributed by atoms with Crippen molar-refractivity contribution in [2.75, 3.05) is 17.6 Å². The number of amides is 1. The zero-order chi connectivity index (χ0) is 24.4. The predicted molar refractivity (Wildman–Crippen MR) is 127 cm³/mol. The Balaban J connectivity index is 1.43. The third-order valence-corrected chi connectivity index (χ3v) is 7.37. The summed E-state index contributed by atoms with van der Waals surface area (Å²) in [4.78, 5) is 16.9. The molecule has 0 saturated heterocycles. The fourth-order valence-electron chi connectivity index (χ4n) is 3.80. The predicted octanol–water partition coefficient (Wildman–Crippen LogP) is 3.61. The number of fused-ring (bicyclic) bond motifs is 2. The highest BCUT2D eigenvalue weighted by atomic mass is 32.2. The number of hydrogen-bond acceptors (Lipinski definition) is 6. The largest absolute Gasteiger partial charge is 0.454 e. The maximum absolute atomic E-state index is 13.8. The van der Waals surface area contributed by atoms with Gasteiger partial charge in [-0.05, 0) is 54.1 Å². The number of carbonyl (C=O) groups is 1. The van der Waals surface area contributed by atoms with Crippen LogP contribution in [-0.4, -0.2) is 32.6 Å². The van der Waals surface area contributed by atoms with Crippen molar-refractivity contribution < 1.29 is 27.1 Å². The Hall–Kier alpha value is -4.18. The van der Waals surface area contributed by atoms with Gasteiger partial charge in [0, 0.05) is 29.7 Å². The number of ether oxygens (including phenoxy) is 2. The molecular weight excluding hydrogens is 473 g/mol. The lowest BCUT2D eigenvalue weighted by molar-refractivity contribution is -0.119. The van der Waals surface area contributed by atoms with Gasteiger partial charge in [0.1, 0.15) is 12.4 Å². The van der Waals surface area contributed by atoms with E-state index in [1.807, 2.05) is 0 Å². The van der Waals surface area contributed by atoms with Crippen molar-refractivity contribution in [1.29, 1.82) is 0 Å². The number of benzene rings is 3. The molecule has 1 aliphatic heterocycles. The summed E-state index contributed by atoms with van der Waals surface area (Å²) >= 11 is 0. The minimum absolute atomic E-state index is 0.0188. The number of sulfonamides is 1. The van der Waals surface area contributed by atoms with Crippen molar-refractivity contribution >= 4 is 32.4 Å². The summed E-state index contributed by atoms with van der Waals surface area (Å²) in [7, 11) is -4.19. The summed E-state index contributed by atoms with van der Waals surface area (Å²) in [6.45, 7) is -0.202. The first kappa shape index (κ1) is 22.6. The van der Waals surface area contributed by atoms with E-state index in [2.05, 4.69) is 10.3 Å². The number of pyridine rings is 1. The molecule has 0 radical (unpaired) electrons. The molecular formula is C25H20FN3O5S. The van der Waals surface area contributed by atoms with Crippen LogP contribution in [0.3, 0.4) is 0 Å². The van der Waals surface area contributed by atoms with Gasteiger partial charge in [-0.3, -0.25) is 14.1 Å². The van der Waals surface area contributed by atoms with Gasteiger partial charge in [0.15, 0.2) is 11.5 Å². The number of aromatic nitrogens is 1. The van der Waals surface area contributed by atoms with Crippen molar-refractivity contribution in [3.8, 4) is 11.5 Å². The van der Waals surface area contributed by atoms with Crippen molar-refractivity contribution in [3.63, 3.8) is 0 Å². The molecule has 0 unspecified atom stereocenters. The van der Waals surface area contributed by atoms with Crippen LogP contribution in [0, 0.1) is 5.82 Å². The lowest BCUT2D eigenvalue weighted by Gasteiger charge is -2.25. The second-order valence-electron chi connectivity index (χ2n) is 7.81. The van der Waals surface area contributed by atoms with Crippen LogP contribution in [0.15, 0.2) is 84.0 Å². The molecule has 5 rings (SSSR count). The third-order valence-electron chi connectivity index (χ3n) is 5.54. The summed E-state index contributed by atoms with van der Waals surface area (Å²) in [5.74, 6) is 0.156. The van der Waals surface area contributed by atoms with Crippen molar-refractivity contribution in [2.24, 2.45) is 0 Å². The molecule has 0 bridgehead atoms. The van der Waals surface area contributed by atoms with Crippen molar-refractivity contribution in [1.82, 2.24) is 10.3 Å². The molecule has 1 aromatic heterocycles. The summed E-state index contributed by atoms with van der Waals surface area (Å²) < 4.78 is 52.7. The summed E-state index contributed by atoms with van der Waals surface area (Å²) in [5.41, 5.74) is 0.927. The van der Waals surface area contributed by atoms with Crippen LogP contribution >= 0.6 is 0 Å². The molecule has 35 heavy (non-hydrogen) atoms. The van der Waals surface area contributed by atoms with E-state index in [0.717, 1.165) is 22.0 Å². The van der Waals surface area contributed by atoms with Gasteiger partial charge in [-0.1, -0.05) is 18.2 Å². The van der Waals surface area contributed by atoms with Gasteiger partial charge in [-0.15, -0.1) is 0 Å². The molecule has 1 aliphatic rings. The van der Waals surface area contributed by atoms with E-state index < -0.39 is 28.3 Å². The normalized spacial score (nSPS) is 12.5. The second-order valence-corrected chi connectivity index (χ2v) is 9.64. The Morgan fingerprint density at radius 2 is 1.83 bits per heavy atom. The van der Waals surface area contributed by atoms with Gasteiger partial charge in [0.2, 0.25) is 12.7 Å². The lowest BCUT2D eigenvalue weighted by Crippen LogP contribution is -2.40. The molecule has 4 aromatic rings. The molecule has 0 aliphatic carbocycles. The molecule has 3 aromatic carbocycles. The zero-order valence-corrected chi connectivity index (χ0v) is 19.2. The molecule has 0 atom stereocenters. The Bertz CT molecular complexity index is 1500. The lowest BCUT2D eigenvalue weighted by atomic mass is 10.2. The first-order valence-electron chi connectivity index (χ1n) is 10.7. The van der Waals surface area contributed by atoms with Gasteiger partial charge < -0.3 is 14.8 Å². The molecule has 8 nitrogen and oxygen atoms in total. The smallest absolute Gasteiger partial charge is 0.265 e. The van der Waals surface area contributed by atoms with Crippen LogP contribution < -0.4 is 19.1 Å². The number of halogens is 1. The molecule has 0 fully saturated rings. The van der Waals surface area contributed by atoms with Gasteiger partial charge in [0.25, 0.3) is 10.0 Å². The monoisotopic (exact) mass is 493 g/mol. The highest BCUT2D eigenvalue weighted by Gasteiger charge is 2.29. The number of carbonyl (C=O) groups excluding carboxylic acids is 1. The van der Waals surface area contributed by atoms with Crippen LogP contribution in [0.2, 0.25) is 0 Å². The third kappa shape index (κ3) is 4.60. The Morgan fingerprint density at radius 1 is 1.03 bits per heavy atom. The van der Waals surface area contributed by atoms with Gasteiger partial charge >= 0.3 is 0 Å². The Labute approximate surface area is 201 Å². The van der Waals surface area contributed by atoms with E-state index in [9.17, 15) is 17.6 Å². The standard InChI is InChI=1S/C25H20FN3O5S/c26-19-5-7-20(8-6-19)29(35(31,32)24-3-1-2-18-14-27-11-10-21(18)24)15-25(30)28-13-17-4-9-22-23(12-17)34-16-33-22/h1-12,14H,13,15-16H2,(H,28,30). The average Bonchev–Trinajstić information content (AvgIpc) is 3.34. The molecule has 10 heteroatoms. The number of nitrogens with one attached hydrogen (secondary N) is 1. The molecule has 178 valence electrons. The topological polar surface area (TPSA) is 97.8 Å². The quantitative estimate of drug-likeness (QED) is 0.422. The van der Waals surface area contributed by atoms with Crippen LogP contribution in [0.25, 0.3) is 10.8 Å². The highest BCUT2D eigenvalue weighted by molar-refractivity contribution is 7.93. The van der Waals surface area contributed by atoms with Crippen LogP contribution in [-0.2, 0) is 21.4 Å². The number of rotatable bonds is 7. The van der Waals surface area contributed by atoms with Crippen LogP contribution in [0.5, 0.6) is 11.5 Å². The second kappa shape index (κ2) is 9.22. The molecule has 0 saturated carbocycles. The minimum atomic E-state index is -4.19. The molecule has 0 spiro atoms. The van der Waals surface area contributed by atoms with E-state index in [0.29, 0.717) is 22.3 Å². The van der Waals surface area contributed by atoms with Crippen LogP contribution in [0.4, 0.5) is 10.1 Å². The molecule has 2 heterocycles. The van der Waals surface area contributed by atoms with Gasteiger partial charge in [-0.2, -0.15) is 0 Å². The Morgan fingerprint density at radius 3 is 2.66 bits per heavy atom. The van der Waals surface area contributed by atoms with Gasteiger partial charge in [0.05, 0.1) is 10.6 Å². The number of hydrogen-bond donors (Lipinski definition) is 1. The van der Waals surface area contributed by atoms with E-state index in [1.165, 1.54) is 24.4 Å². The maximum Gasteiger partial charge on any atom is 0.265 e. The van der Waals surface area contributed by atoms with Gasteiger partial charge in [-0.25, -0.2) is 12.8 Å². The summed E-state index contributed by atoms with van der Waals surface area (Å²) in [6, 6.07) is 16.7. The van der Waals surface area contributed by atoms with Crippen molar-refractivity contribution in [3.05, 3.63) is 90.5 Å². The number of nitrogens with zero attached hydrogens (tertiary/aromatic N) is 2. The molecule has 1 amide bonds. The first-order chi connectivity index (χ1) is 16.9. The highest BCUT2D eigenvalue weighted by Crippen LogP contribution is 2.32. The molecule has 1 N–H and O–H groups in total. The van der Waals surface area contributed by atoms with Crippen LogP contribution in [0.1, 0.15) is 5.56 Å². The fraction of sp³-hybridized carbons (Fsp3) is 0.120. The zero-order valence-electron chi connectivity index (χ0n) is 18.3. The first-order valence-corrected chi connectivity index (χ1v) is 12.1. The van der Waals surface area contributed by atoms with E-state index in [1.54, 1.807) is 42.6 Å². The number of anilines is 1. The van der Waals surface area contributed by atoms with Crippen molar-refractivity contribution in [2.45, 2.75) is 11.4 Å². The van der Waals surface area contributed by atoms with E-state index >= 15 is 0 Å². The average molecular weight is 494 g/mol.